The van der Waals surface area contributed by atoms with E-state index in [4.69, 9.17) is 58.2 Å². The second kappa shape index (κ2) is 28.3. The molecule has 2 unspecified atom stereocenters. The molecule has 31 nitrogen and oxygen atoms in total. The quantitative estimate of drug-likeness (QED) is 0.0222. The number of phosphoric ester groups is 2. The van der Waals surface area contributed by atoms with Crippen molar-refractivity contribution in [2.45, 2.75) is 147 Å². The van der Waals surface area contributed by atoms with Gasteiger partial charge in [-0.2, -0.15) is 4.98 Å². The fourth-order valence-corrected chi connectivity index (χ4v) is 11.0. The highest BCUT2D eigenvalue weighted by molar-refractivity contribution is 7.47. The average Bonchev–Trinajstić information content (AvgIpc) is 2.25. The number of phosphoric acid groups is 2. The lowest BCUT2D eigenvalue weighted by atomic mass is 9.93. The second-order valence-electron chi connectivity index (χ2n) is 21.9. The zero-order valence-corrected chi connectivity index (χ0v) is 49.3. The lowest BCUT2D eigenvalue weighted by Gasteiger charge is -2.29. The van der Waals surface area contributed by atoms with Gasteiger partial charge < -0.3 is 75.0 Å². The molecule has 6 heterocycles. The molecule has 33 heteroatoms. The van der Waals surface area contributed by atoms with Crippen molar-refractivity contribution in [2.24, 2.45) is 11.8 Å². The SMILES string of the molecule is CC(C)C[C@H](CC(=O)OC(C)(C)C)C(=O)Nc1ccc(COC(=O)N[C@@H](CCc2ccccc2)C(=O)O[C@H]2[C@@H](O)[C@H](n3cnc4c(N)ncnc43)O[C@@H]2COP(=O)(O)O[C@H]2[C@@H](OC3CCCO3)[C@H](n3ccc(N)nc3=O)O[C@@H]2COP(=O)(O)O)cc1. The first-order valence-corrected chi connectivity index (χ1v) is 30.4. The molecule has 3 fully saturated rings. The van der Waals surface area contributed by atoms with Crippen LogP contribution in [0.3, 0.4) is 0 Å². The van der Waals surface area contributed by atoms with E-state index in [2.05, 4.69) is 30.6 Å². The first-order chi connectivity index (χ1) is 40.7. The number of aromatic nitrogens is 6. The lowest BCUT2D eigenvalue weighted by Crippen LogP contribution is -2.47. The number of ether oxygens (including phenoxy) is 7. The number of alkyl carbamates (subject to hydrolysis) is 1. The van der Waals surface area contributed by atoms with Crippen LogP contribution in [0.25, 0.3) is 11.2 Å². The highest BCUT2D eigenvalue weighted by atomic mass is 31.2. The van der Waals surface area contributed by atoms with Gasteiger partial charge in [-0.15, -0.1) is 0 Å². The molecular weight excluding hydrogens is 1170 g/mol. The summed E-state index contributed by atoms with van der Waals surface area (Å²) in [4.78, 5) is 114. The van der Waals surface area contributed by atoms with E-state index < -0.39 is 126 Å². The predicted octanol–water partition coefficient (Wildman–Crippen LogP) is 3.71. The van der Waals surface area contributed by atoms with Crippen molar-refractivity contribution in [1.29, 1.82) is 0 Å². The Morgan fingerprint density at radius 2 is 1.58 bits per heavy atom. The smallest absolute Gasteiger partial charge is 0.460 e. The van der Waals surface area contributed by atoms with E-state index in [0.717, 1.165) is 16.5 Å². The average molecular weight is 1250 g/mol. The number of carbonyl (C=O) groups excluding carboxylic acids is 4. The van der Waals surface area contributed by atoms with Crippen molar-refractivity contribution in [2.75, 3.05) is 36.6 Å². The summed E-state index contributed by atoms with van der Waals surface area (Å²) >= 11 is 0. The summed E-state index contributed by atoms with van der Waals surface area (Å²) in [6.45, 7) is 7.09. The Morgan fingerprint density at radius 1 is 0.872 bits per heavy atom. The monoisotopic (exact) mass is 1240 g/mol. The minimum atomic E-state index is -5.51. The minimum absolute atomic E-state index is 0.0341. The summed E-state index contributed by atoms with van der Waals surface area (Å²) in [5.74, 6) is -2.74. The number of fused-ring (bicyclic) bond motifs is 1. The number of carbonyl (C=O) groups is 4. The molecule has 8 rings (SSSR count). The Bertz CT molecular complexity index is 3300. The van der Waals surface area contributed by atoms with Crippen LogP contribution in [0.4, 0.5) is 22.1 Å². The molecule has 0 aliphatic carbocycles. The summed E-state index contributed by atoms with van der Waals surface area (Å²) in [7, 11) is -10.7. The number of anilines is 3. The number of nitrogens with zero attached hydrogens (tertiary/aromatic N) is 6. The molecule has 86 heavy (non-hydrogen) atoms. The Hall–Kier alpha value is -6.83. The van der Waals surface area contributed by atoms with Crippen LogP contribution in [0.2, 0.25) is 0 Å². The molecule has 2 amide bonds. The first-order valence-electron chi connectivity index (χ1n) is 27.4. The van der Waals surface area contributed by atoms with E-state index in [9.17, 15) is 52.9 Å². The molecule has 3 aromatic heterocycles. The third-order valence-electron chi connectivity index (χ3n) is 13.6. The fraction of sp³-hybridized carbons (Fsp3) is 0.528. The van der Waals surface area contributed by atoms with Gasteiger partial charge in [0.25, 0.3) is 0 Å². The van der Waals surface area contributed by atoms with Crippen LogP contribution < -0.4 is 27.8 Å². The van der Waals surface area contributed by atoms with Gasteiger partial charge in [0.05, 0.1) is 26.0 Å². The number of nitrogens with one attached hydrogen (secondary N) is 2. The first kappa shape index (κ1) is 65.2. The van der Waals surface area contributed by atoms with Crippen LogP contribution in [0.15, 0.2) is 84.3 Å². The molecule has 0 saturated carbocycles. The Kier molecular flexibility index (Phi) is 21.5. The van der Waals surface area contributed by atoms with Gasteiger partial charge in [-0.25, -0.2) is 38.5 Å². The zero-order chi connectivity index (χ0) is 62.1. The number of aliphatic hydroxyl groups is 1. The van der Waals surface area contributed by atoms with Crippen LogP contribution in [-0.2, 0) is 83.3 Å². The molecule has 0 bridgehead atoms. The molecule has 3 aliphatic rings. The number of nitrogens with two attached hydrogens (primary N) is 2. The van der Waals surface area contributed by atoms with Gasteiger partial charge in [-0.05, 0) is 81.7 Å². The minimum Gasteiger partial charge on any atom is -0.460 e. The zero-order valence-electron chi connectivity index (χ0n) is 47.5. The van der Waals surface area contributed by atoms with Crippen LogP contribution >= 0.6 is 15.6 Å². The highest BCUT2D eigenvalue weighted by Gasteiger charge is 2.54. The molecule has 0 radical (unpaired) electrons. The van der Waals surface area contributed by atoms with E-state index >= 15 is 0 Å². The Labute approximate surface area is 492 Å². The molecule has 5 aromatic rings. The number of hydrogen-bond donors (Lipinski definition) is 8. The van der Waals surface area contributed by atoms with Gasteiger partial charge in [-0.3, -0.25) is 32.3 Å². The van der Waals surface area contributed by atoms with Gasteiger partial charge in [0, 0.05) is 30.8 Å². The van der Waals surface area contributed by atoms with Crippen molar-refractivity contribution >= 4 is 68.1 Å². The molecule has 3 aliphatic heterocycles. The van der Waals surface area contributed by atoms with Gasteiger partial charge in [-0.1, -0.05) is 56.3 Å². The van der Waals surface area contributed by atoms with Crippen molar-refractivity contribution in [3.63, 3.8) is 0 Å². The summed E-state index contributed by atoms with van der Waals surface area (Å²) in [5.41, 5.74) is 11.9. The van der Waals surface area contributed by atoms with Crippen LogP contribution in [-0.4, -0.2) is 147 Å². The lowest BCUT2D eigenvalue weighted by molar-refractivity contribution is -0.181. The molecule has 10 N–H and O–H groups in total. The maximum atomic E-state index is 14.5. The van der Waals surface area contributed by atoms with Gasteiger partial charge in [0.1, 0.15) is 66.4 Å². The molecule has 468 valence electrons. The van der Waals surface area contributed by atoms with Crippen molar-refractivity contribution in [1.82, 2.24) is 34.4 Å². The van der Waals surface area contributed by atoms with Crippen molar-refractivity contribution in [3.8, 4) is 0 Å². The normalized spacial score (nSPS) is 23.8. The third kappa shape index (κ3) is 17.9. The van der Waals surface area contributed by atoms with Gasteiger partial charge >= 0.3 is 39.4 Å². The van der Waals surface area contributed by atoms with Crippen LogP contribution in [0.5, 0.6) is 0 Å². The Balaban J connectivity index is 0.996. The highest BCUT2D eigenvalue weighted by Crippen LogP contribution is 2.51. The van der Waals surface area contributed by atoms with E-state index in [1.807, 2.05) is 13.8 Å². The predicted molar refractivity (Wildman–Crippen MR) is 299 cm³/mol. The van der Waals surface area contributed by atoms with Gasteiger partial charge in [0.2, 0.25) is 5.91 Å². The number of esters is 2. The summed E-state index contributed by atoms with van der Waals surface area (Å²) in [6, 6.07) is 15.1. The number of nitrogen functional groups attached to an aromatic ring is 2. The van der Waals surface area contributed by atoms with E-state index in [1.165, 1.54) is 23.2 Å². The number of hydrogen-bond acceptors (Lipinski definition) is 24. The number of imidazole rings is 1. The van der Waals surface area contributed by atoms with E-state index in [1.54, 1.807) is 75.4 Å². The number of amides is 2. The molecule has 0 spiro atoms. The fourth-order valence-electron chi connectivity index (χ4n) is 9.72. The Morgan fingerprint density at radius 3 is 2.26 bits per heavy atom. The molecular formula is C53H70N10O21P2. The molecule has 3 saturated heterocycles. The summed E-state index contributed by atoms with van der Waals surface area (Å²) in [5, 5.41) is 17.4. The maximum absolute atomic E-state index is 14.5. The maximum Gasteiger partial charge on any atom is 0.472 e. The standard InChI is InChI=1S/C53H70N10O21P2/c1-29(2)22-32(23-38(64)83-53(3,4)5)47(66)59-33-16-13-31(14-17-33)24-76-52(69)60-34(18-15-30-10-7-6-8-11-30)50(67)82-42-35(79-48(41(42)65)63-28-58-40-45(55)56-27-57-46(40)63)26-78-86(73,74)84-43-36(25-77-85(70,71)72)80-49(44(43)81-39-12-9-21-75-39)62-20-19-37(54)61-51(62)68/h6-8,10-11,13-14,16-17,19-20,27-29,32,34-36,39,41-44,48-49,65H,9,12,15,18,21-26H2,1-5H3,(H,59,66)(H,60,69)(H,73,74)(H2,54,61,68)(H2,55,56,57)(H2,70,71,72)/t32-,34+,35-,36-,39?,41-,42-,43-,44-,48-,49-/m1/s1. The number of aryl methyl sites for hydroxylation is 1. The van der Waals surface area contributed by atoms with Crippen molar-refractivity contribution in [3.05, 3.63) is 101 Å². The van der Waals surface area contributed by atoms with Crippen LogP contribution in [0.1, 0.15) is 90.3 Å². The summed E-state index contributed by atoms with van der Waals surface area (Å²) < 4.78 is 85.2. The topological polar surface area (TPSA) is 430 Å². The largest absolute Gasteiger partial charge is 0.472 e. The van der Waals surface area contributed by atoms with Gasteiger partial charge in [0.15, 0.2) is 36.3 Å². The number of benzene rings is 2. The van der Waals surface area contributed by atoms with Crippen LogP contribution in [0, 0.1) is 11.8 Å². The third-order valence-corrected chi connectivity index (χ3v) is 15.1. The molecule has 2 aromatic carbocycles. The van der Waals surface area contributed by atoms with Crippen molar-refractivity contribution < 1.29 is 94.8 Å². The molecule has 12 atom stereocenters. The van der Waals surface area contributed by atoms with E-state index in [-0.39, 0.29) is 67.1 Å². The van der Waals surface area contributed by atoms with E-state index in [0.29, 0.717) is 30.5 Å². The number of rotatable bonds is 26. The number of aliphatic hydroxyl groups excluding tert-OH is 1. The second-order valence-corrected chi connectivity index (χ2v) is 24.6. The summed E-state index contributed by atoms with van der Waals surface area (Å²) in [6.07, 6.45) is -10.6.